The highest BCUT2D eigenvalue weighted by Gasteiger charge is 2.28. The summed E-state index contributed by atoms with van der Waals surface area (Å²) in [7, 11) is 0.917. The van der Waals surface area contributed by atoms with Crippen LogP contribution in [-0.4, -0.2) is 39.6 Å². The van der Waals surface area contributed by atoms with E-state index in [2.05, 4.69) is 12.2 Å². The largest absolute Gasteiger partial charge is 0.384 e. The second kappa shape index (κ2) is 6.04. The lowest BCUT2D eigenvalue weighted by molar-refractivity contribution is 0.560. The Morgan fingerprint density at radius 1 is 1.20 bits per heavy atom. The number of hydrogen-bond acceptors (Lipinski definition) is 4. The van der Waals surface area contributed by atoms with E-state index >= 15 is 0 Å². The molecule has 0 atom stereocenters. The molecule has 1 rings (SSSR count). The Bertz CT molecular complexity index is 558. The number of hydrogen-bond donors (Lipinski definition) is 1. The Labute approximate surface area is 123 Å². The maximum atomic E-state index is 12.0. The van der Waals surface area contributed by atoms with Crippen molar-refractivity contribution in [2.75, 3.05) is 36.6 Å². The summed E-state index contributed by atoms with van der Waals surface area (Å²) in [6.07, 6.45) is 0. The summed E-state index contributed by atoms with van der Waals surface area (Å²) in [4.78, 5) is 2.05. The molecule has 0 aliphatic rings. The van der Waals surface area contributed by atoms with Crippen molar-refractivity contribution in [1.82, 2.24) is 0 Å². The third-order valence-electron chi connectivity index (χ3n) is 3.32. The van der Waals surface area contributed by atoms with Gasteiger partial charge in [-0.3, -0.25) is 0 Å². The first-order valence-electron chi connectivity index (χ1n) is 6.79. The van der Waals surface area contributed by atoms with Crippen LogP contribution in [0.2, 0.25) is 0 Å². The van der Waals surface area contributed by atoms with Crippen LogP contribution in [0.3, 0.4) is 0 Å². The van der Waals surface area contributed by atoms with Crippen LogP contribution in [0, 0.1) is 6.92 Å². The number of sulfone groups is 1. The molecule has 0 aromatic heterocycles. The van der Waals surface area contributed by atoms with E-state index in [1.807, 2.05) is 37.2 Å². The van der Waals surface area contributed by atoms with Gasteiger partial charge in [-0.2, -0.15) is 0 Å². The van der Waals surface area contributed by atoms with Gasteiger partial charge in [-0.15, -0.1) is 0 Å². The van der Waals surface area contributed by atoms with Gasteiger partial charge in [0.15, 0.2) is 9.84 Å². The highest BCUT2D eigenvalue weighted by atomic mass is 32.2. The van der Waals surface area contributed by atoms with Crippen molar-refractivity contribution in [3.05, 3.63) is 23.8 Å². The second-order valence-corrected chi connectivity index (χ2v) is 9.12. The average Bonchev–Trinajstić information content (AvgIpc) is 2.29. The van der Waals surface area contributed by atoms with Crippen LogP contribution >= 0.6 is 0 Å². The topological polar surface area (TPSA) is 49.4 Å². The van der Waals surface area contributed by atoms with Gasteiger partial charge in [-0.05, 0) is 45.4 Å². The molecular weight excluding hydrogens is 272 g/mol. The first kappa shape index (κ1) is 16.8. The van der Waals surface area contributed by atoms with Gasteiger partial charge in [0.25, 0.3) is 0 Å². The molecule has 0 saturated heterocycles. The Morgan fingerprint density at radius 3 is 2.30 bits per heavy atom. The number of benzene rings is 1. The molecule has 5 heteroatoms. The van der Waals surface area contributed by atoms with Crippen LogP contribution in [0.25, 0.3) is 0 Å². The molecule has 20 heavy (non-hydrogen) atoms. The number of nitrogens with zero attached hydrogens (tertiary/aromatic N) is 1. The molecule has 1 N–H and O–H groups in total. The maximum Gasteiger partial charge on any atom is 0.156 e. The molecule has 0 heterocycles. The third-order valence-corrected chi connectivity index (χ3v) is 5.93. The van der Waals surface area contributed by atoms with Gasteiger partial charge < -0.3 is 10.2 Å². The first-order chi connectivity index (χ1) is 9.04. The Balaban J connectivity index is 2.71. The quantitative estimate of drug-likeness (QED) is 0.908. The minimum absolute atomic E-state index is 0.141. The van der Waals surface area contributed by atoms with Crippen molar-refractivity contribution in [1.29, 1.82) is 0 Å². The Kier molecular flexibility index (Phi) is 5.08. The zero-order chi connectivity index (χ0) is 15.6. The van der Waals surface area contributed by atoms with Crippen LogP contribution in [0.4, 0.5) is 11.4 Å². The van der Waals surface area contributed by atoms with E-state index in [-0.39, 0.29) is 5.75 Å². The van der Waals surface area contributed by atoms with E-state index in [1.54, 1.807) is 20.8 Å². The zero-order valence-electron chi connectivity index (χ0n) is 13.3. The molecular formula is C15H26N2O2S. The maximum absolute atomic E-state index is 12.0. The van der Waals surface area contributed by atoms with Crippen molar-refractivity contribution in [3.8, 4) is 0 Å². The summed E-state index contributed by atoms with van der Waals surface area (Å²) >= 11 is 0. The number of nitrogens with one attached hydrogen (secondary N) is 1. The predicted octanol–water partition coefficient (Wildman–Crippen LogP) is 2.69. The first-order valence-corrected chi connectivity index (χ1v) is 8.44. The predicted molar refractivity (Wildman–Crippen MR) is 87.5 cm³/mol. The summed E-state index contributed by atoms with van der Waals surface area (Å²) in [5.74, 6) is 0.141. The Morgan fingerprint density at radius 2 is 1.80 bits per heavy atom. The van der Waals surface area contributed by atoms with Crippen LogP contribution in [0.1, 0.15) is 26.3 Å². The SMILES string of the molecule is Cc1ccc(NCCS(=O)(=O)C(C)(C)C)cc1N(C)C. The highest BCUT2D eigenvalue weighted by molar-refractivity contribution is 7.92. The summed E-state index contributed by atoms with van der Waals surface area (Å²) in [6.45, 7) is 7.69. The van der Waals surface area contributed by atoms with E-state index in [1.165, 1.54) is 5.56 Å². The summed E-state index contributed by atoms with van der Waals surface area (Å²) in [6, 6.07) is 6.06. The van der Waals surface area contributed by atoms with Crippen molar-refractivity contribution in [2.45, 2.75) is 32.4 Å². The van der Waals surface area contributed by atoms with E-state index < -0.39 is 14.6 Å². The standard InChI is InChI=1S/C15H26N2O2S/c1-12-7-8-13(11-14(12)17(5)6)16-9-10-20(18,19)15(2,3)4/h7-8,11,16H,9-10H2,1-6H3. The highest BCUT2D eigenvalue weighted by Crippen LogP contribution is 2.22. The summed E-state index contributed by atoms with van der Waals surface area (Å²) in [5.41, 5.74) is 3.28. The monoisotopic (exact) mass is 298 g/mol. The molecule has 0 spiro atoms. The number of anilines is 2. The smallest absolute Gasteiger partial charge is 0.156 e. The van der Waals surface area contributed by atoms with E-state index in [9.17, 15) is 8.42 Å². The van der Waals surface area contributed by atoms with Crippen LogP contribution in [0.5, 0.6) is 0 Å². The molecule has 0 radical (unpaired) electrons. The van der Waals surface area contributed by atoms with Crippen molar-refractivity contribution >= 4 is 21.2 Å². The lowest BCUT2D eigenvalue weighted by Crippen LogP contribution is -2.32. The van der Waals surface area contributed by atoms with E-state index in [0.29, 0.717) is 6.54 Å². The zero-order valence-corrected chi connectivity index (χ0v) is 14.1. The van der Waals surface area contributed by atoms with Crippen LogP contribution in [-0.2, 0) is 9.84 Å². The van der Waals surface area contributed by atoms with Crippen LogP contribution in [0.15, 0.2) is 18.2 Å². The van der Waals surface area contributed by atoms with Crippen LogP contribution < -0.4 is 10.2 Å². The van der Waals surface area contributed by atoms with Gasteiger partial charge in [-0.1, -0.05) is 6.07 Å². The fourth-order valence-corrected chi connectivity index (χ4v) is 2.82. The van der Waals surface area contributed by atoms with Crippen molar-refractivity contribution in [3.63, 3.8) is 0 Å². The molecule has 0 fully saturated rings. The van der Waals surface area contributed by atoms with Crippen molar-refractivity contribution < 1.29 is 8.42 Å². The molecule has 0 bridgehead atoms. The van der Waals surface area contributed by atoms with Gasteiger partial charge in [0.05, 0.1) is 10.5 Å². The van der Waals surface area contributed by atoms with Gasteiger partial charge in [0.1, 0.15) is 0 Å². The fraction of sp³-hybridized carbons (Fsp3) is 0.600. The molecule has 114 valence electrons. The molecule has 1 aromatic rings. The van der Waals surface area contributed by atoms with Gasteiger partial charge in [-0.25, -0.2) is 8.42 Å². The van der Waals surface area contributed by atoms with Gasteiger partial charge in [0, 0.05) is 32.0 Å². The lowest BCUT2D eigenvalue weighted by atomic mass is 10.1. The lowest BCUT2D eigenvalue weighted by Gasteiger charge is -2.20. The van der Waals surface area contributed by atoms with E-state index in [0.717, 1.165) is 11.4 Å². The second-order valence-electron chi connectivity index (χ2n) is 6.25. The number of aryl methyl sites for hydroxylation is 1. The summed E-state index contributed by atoms with van der Waals surface area (Å²) in [5, 5.41) is 3.19. The molecule has 0 unspecified atom stereocenters. The van der Waals surface area contributed by atoms with E-state index in [4.69, 9.17) is 0 Å². The molecule has 1 aromatic carbocycles. The molecule has 0 saturated carbocycles. The minimum Gasteiger partial charge on any atom is -0.384 e. The third kappa shape index (κ3) is 4.13. The summed E-state index contributed by atoms with van der Waals surface area (Å²) < 4.78 is 23.3. The number of rotatable bonds is 5. The van der Waals surface area contributed by atoms with Crippen molar-refractivity contribution in [2.24, 2.45) is 0 Å². The van der Waals surface area contributed by atoms with Gasteiger partial charge >= 0.3 is 0 Å². The molecule has 0 amide bonds. The molecule has 0 aliphatic carbocycles. The minimum atomic E-state index is -3.08. The average molecular weight is 298 g/mol. The van der Waals surface area contributed by atoms with Gasteiger partial charge in [0.2, 0.25) is 0 Å². The molecule has 4 nitrogen and oxygen atoms in total. The Hall–Kier alpha value is -1.23. The molecule has 0 aliphatic heterocycles. The normalized spacial score (nSPS) is 12.3. The fourth-order valence-electron chi connectivity index (χ4n) is 1.84.